The zero-order chi connectivity index (χ0) is 33.9. The Bertz CT molecular complexity index is 1470. The highest BCUT2D eigenvalue weighted by Gasteiger charge is 2.63. The van der Waals surface area contributed by atoms with Gasteiger partial charge < -0.3 is 9.47 Å². The van der Waals surface area contributed by atoms with Crippen LogP contribution in [0.4, 0.5) is 0 Å². The Morgan fingerprint density at radius 2 is 0.846 bits per heavy atom. The number of morpholine rings is 2. The molecule has 4 nitrogen and oxygen atoms in total. The topological polar surface area (TPSA) is 24.9 Å². The van der Waals surface area contributed by atoms with Crippen molar-refractivity contribution >= 4 is 0 Å². The molecule has 0 N–H and O–H groups in total. The van der Waals surface area contributed by atoms with Crippen molar-refractivity contribution in [2.24, 2.45) is 35.5 Å². The Balaban J connectivity index is 0.778. The van der Waals surface area contributed by atoms with Gasteiger partial charge in [-0.1, -0.05) is 73.5 Å². The standard InChI is InChI=1S/C48H64N2O2/c1-3-9-29(10-4-1)33-19-23-43-41(27-33)49-39-21-17-31(25-37(39)35-13-7-15-45(51-43)47(35)49)32-18-22-40-38(26-32)36-14-8-16-46-48(36)50(40)42-28-34(20-24-44(42)52-46)30-11-5-2-6-12-30/h1-6,9-12,31-48H,7-8,13-28H2. The second kappa shape index (κ2) is 12.9. The zero-order valence-electron chi connectivity index (χ0n) is 31.6. The van der Waals surface area contributed by atoms with E-state index in [1.165, 1.54) is 116 Å². The van der Waals surface area contributed by atoms with Crippen molar-refractivity contribution in [1.29, 1.82) is 0 Å². The van der Waals surface area contributed by atoms with Gasteiger partial charge in [0.15, 0.2) is 0 Å². The van der Waals surface area contributed by atoms with E-state index in [0.717, 1.165) is 47.6 Å². The van der Waals surface area contributed by atoms with Gasteiger partial charge in [0, 0.05) is 36.3 Å². The summed E-state index contributed by atoms with van der Waals surface area (Å²) < 4.78 is 14.3. The minimum Gasteiger partial charge on any atom is -0.372 e. The van der Waals surface area contributed by atoms with E-state index in [2.05, 4.69) is 70.5 Å². The van der Waals surface area contributed by atoms with Gasteiger partial charge >= 0.3 is 0 Å². The summed E-state index contributed by atoms with van der Waals surface area (Å²) in [6.45, 7) is 0. The molecule has 2 aromatic carbocycles. The number of hydrogen-bond donors (Lipinski definition) is 0. The maximum Gasteiger partial charge on any atom is 0.0737 e. The van der Waals surface area contributed by atoms with E-state index < -0.39 is 0 Å². The number of rotatable bonds is 3. The molecule has 18 unspecified atom stereocenters. The van der Waals surface area contributed by atoms with Gasteiger partial charge in [0.25, 0.3) is 0 Å². The maximum atomic E-state index is 7.15. The lowest BCUT2D eigenvalue weighted by atomic mass is 9.62. The van der Waals surface area contributed by atoms with Gasteiger partial charge in [-0.15, -0.1) is 0 Å². The van der Waals surface area contributed by atoms with Gasteiger partial charge in [0.05, 0.1) is 24.4 Å². The SMILES string of the molecule is c1ccc(C2CCC3OC4CCCC5C6CC(C7CCC8C(C7)C7CCCC9OC%10CCC(c%11ccccc%11)CC%10N8C97)CCC6N(C3C2)C45)cc1. The van der Waals surface area contributed by atoms with Crippen molar-refractivity contribution in [3.8, 4) is 0 Å². The summed E-state index contributed by atoms with van der Waals surface area (Å²) >= 11 is 0. The number of ether oxygens (including phenoxy) is 2. The molecular weight excluding hydrogens is 637 g/mol. The van der Waals surface area contributed by atoms with Crippen molar-refractivity contribution < 1.29 is 9.47 Å². The molecule has 0 spiro atoms. The van der Waals surface area contributed by atoms with Gasteiger partial charge in [-0.05, 0) is 161 Å². The number of benzene rings is 2. The lowest BCUT2D eigenvalue weighted by molar-refractivity contribution is -0.180. The van der Waals surface area contributed by atoms with Crippen molar-refractivity contribution in [2.75, 3.05) is 0 Å². The Labute approximate surface area is 313 Å². The molecule has 0 bridgehead atoms. The molecule has 10 fully saturated rings. The highest BCUT2D eigenvalue weighted by molar-refractivity contribution is 5.24. The third-order valence-corrected chi connectivity index (χ3v) is 18.2. The predicted molar refractivity (Wildman–Crippen MR) is 206 cm³/mol. The number of nitrogens with zero attached hydrogens (tertiary/aromatic N) is 2. The molecule has 18 atom stereocenters. The molecule has 6 saturated carbocycles. The second-order valence-corrected chi connectivity index (χ2v) is 20.1. The van der Waals surface area contributed by atoms with Gasteiger partial charge in [-0.3, -0.25) is 9.80 Å². The van der Waals surface area contributed by atoms with E-state index in [1.54, 1.807) is 11.1 Å². The summed E-state index contributed by atoms with van der Waals surface area (Å²) in [4.78, 5) is 6.41. The first-order valence-corrected chi connectivity index (χ1v) is 22.7. The monoisotopic (exact) mass is 700 g/mol. The number of hydrogen-bond acceptors (Lipinski definition) is 4. The van der Waals surface area contributed by atoms with Crippen molar-refractivity contribution in [3.05, 3.63) is 71.8 Å². The Morgan fingerprint density at radius 1 is 0.385 bits per heavy atom. The summed E-state index contributed by atoms with van der Waals surface area (Å²) in [5.41, 5.74) is 3.15. The highest BCUT2D eigenvalue weighted by atomic mass is 16.5. The van der Waals surface area contributed by atoms with E-state index in [1.807, 2.05) is 0 Å². The van der Waals surface area contributed by atoms with Crippen LogP contribution in [0.15, 0.2) is 60.7 Å². The highest BCUT2D eigenvalue weighted by Crippen LogP contribution is 2.61. The average molecular weight is 701 g/mol. The largest absolute Gasteiger partial charge is 0.372 e. The lowest BCUT2D eigenvalue weighted by Gasteiger charge is -2.55. The molecule has 4 saturated heterocycles. The van der Waals surface area contributed by atoms with E-state index in [-0.39, 0.29) is 0 Å². The minimum absolute atomic E-state index is 0.475. The van der Waals surface area contributed by atoms with Crippen LogP contribution in [-0.4, -0.2) is 70.5 Å². The molecule has 4 aliphatic heterocycles. The summed E-state index contributed by atoms with van der Waals surface area (Å²) in [5.74, 6) is 6.95. The van der Waals surface area contributed by atoms with Crippen LogP contribution in [0.3, 0.4) is 0 Å². The first-order chi connectivity index (χ1) is 25.8. The van der Waals surface area contributed by atoms with E-state index in [4.69, 9.17) is 9.47 Å². The summed E-state index contributed by atoms with van der Waals surface area (Å²) in [7, 11) is 0. The maximum absolute atomic E-state index is 7.15. The molecule has 12 rings (SSSR count). The Kier molecular flexibility index (Phi) is 8.08. The lowest BCUT2D eigenvalue weighted by Crippen LogP contribution is -2.63. The van der Waals surface area contributed by atoms with Crippen molar-refractivity contribution in [2.45, 2.75) is 188 Å². The van der Waals surface area contributed by atoms with Crippen molar-refractivity contribution in [1.82, 2.24) is 9.80 Å². The molecule has 0 aromatic heterocycles. The molecule has 4 heterocycles. The number of fused-ring (bicyclic) bond motifs is 10. The van der Waals surface area contributed by atoms with Crippen LogP contribution in [0.1, 0.15) is 139 Å². The van der Waals surface area contributed by atoms with Gasteiger partial charge in [0.2, 0.25) is 0 Å². The smallest absolute Gasteiger partial charge is 0.0737 e. The van der Waals surface area contributed by atoms with Crippen LogP contribution in [-0.2, 0) is 9.47 Å². The van der Waals surface area contributed by atoms with Crippen LogP contribution in [0.25, 0.3) is 0 Å². The third kappa shape index (κ3) is 5.04. The summed E-state index contributed by atoms with van der Waals surface area (Å²) in [5, 5.41) is 0. The molecule has 0 radical (unpaired) electrons. The molecule has 0 amide bonds. The summed E-state index contributed by atoms with van der Waals surface area (Å²) in [6.07, 6.45) is 27.1. The molecule has 10 aliphatic rings. The second-order valence-electron chi connectivity index (χ2n) is 20.1. The zero-order valence-corrected chi connectivity index (χ0v) is 31.6. The fraction of sp³-hybridized carbons (Fsp3) is 0.750. The molecule has 278 valence electrons. The first kappa shape index (κ1) is 32.5. The van der Waals surface area contributed by atoms with Crippen molar-refractivity contribution in [3.63, 3.8) is 0 Å². The first-order valence-electron chi connectivity index (χ1n) is 22.7. The van der Waals surface area contributed by atoms with Gasteiger partial charge in [0.1, 0.15) is 0 Å². The van der Waals surface area contributed by atoms with Crippen LogP contribution in [0.5, 0.6) is 0 Å². The van der Waals surface area contributed by atoms with Gasteiger partial charge in [-0.2, -0.15) is 0 Å². The minimum atomic E-state index is 0.475. The van der Waals surface area contributed by atoms with E-state index >= 15 is 0 Å². The Morgan fingerprint density at radius 3 is 1.31 bits per heavy atom. The summed E-state index contributed by atoms with van der Waals surface area (Å²) in [6, 6.07) is 27.4. The average Bonchev–Trinajstić information content (AvgIpc) is 3.73. The van der Waals surface area contributed by atoms with Crippen LogP contribution in [0.2, 0.25) is 0 Å². The normalized spacial score (nSPS) is 50.9. The van der Waals surface area contributed by atoms with E-state index in [9.17, 15) is 0 Å². The predicted octanol–water partition coefficient (Wildman–Crippen LogP) is 9.73. The fourth-order valence-corrected chi connectivity index (χ4v) is 16.4. The van der Waals surface area contributed by atoms with Crippen LogP contribution in [0, 0.1) is 35.5 Å². The molecule has 52 heavy (non-hydrogen) atoms. The third-order valence-electron chi connectivity index (χ3n) is 18.2. The molecular formula is C48H64N2O2. The van der Waals surface area contributed by atoms with E-state index in [0.29, 0.717) is 60.4 Å². The van der Waals surface area contributed by atoms with Crippen LogP contribution >= 0.6 is 0 Å². The quantitative estimate of drug-likeness (QED) is 0.319. The molecule has 2 aromatic rings. The Hall–Kier alpha value is -1.72. The molecule has 6 aliphatic carbocycles. The fourth-order valence-electron chi connectivity index (χ4n) is 16.4. The van der Waals surface area contributed by atoms with Crippen LogP contribution < -0.4 is 0 Å². The molecule has 4 heteroatoms. The van der Waals surface area contributed by atoms with Gasteiger partial charge in [-0.25, -0.2) is 0 Å².